The summed E-state index contributed by atoms with van der Waals surface area (Å²) in [6.45, 7) is 0.736. The molecule has 88 valence electrons. The molecule has 0 unspecified atom stereocenters. The number of rotatable bonds is 3. The Morgan fingerprint density at radius 3 is 2.69 bits per heavy atom. The fraction of sp³-hybridized carbons (Fsp3) is 0.375. The molecule has 2 heterocycles. The quantitative estimate of drug-likeness (QED) is 0.635. The summed E-state index contributed by atoms with van der Waals surface area (Å²) in [5.74, 6) is -0.625. The van der Waals surface area contributed by atoms with E-state index in [-0.39, 0.29) is 16.7 Å². The van der Waals surface area contributed by atoms with Crippen molar-refractivity contribution in [2.24, 2.45) is 0 Å². The minimum Gasteiger partial charge on any atom is -0.453 e. The third-order valence-electron chi connectivity index (χ3n) is 2.04. The molecule has 0 aromatic carbocycles. The molecular formula is C8H8ClNO5S. The molecule has 0 atom stereocenters. The van der Waals surface area contributed by atoms with E-state index in [9.17, 15) is 13.2 Å². The van der Waals surface area contributed by atoms with E-state index in [1.807, 2.05) is 0 Å². The van der Waals surface area contributed by atoms with Gasteiger partial charge in [-0.3, -0.25) is 0 Å². The van der Waals surface area contributed by atoms with Gasteiger partial charge in [-0.1, -0.05) is 0 Å². The molecule has 6 nitrogen and oxygen atoms in total. The van der Waals surface area contributed by atoms with Crippen molar-refractivity contribution in [3.8, 4) is 0 Å². The van der Waals surface area contributed by atoms with Gasteiger partial charge in [0.05, 0.1) is 13.2 Å². The van der Waals surface area contributed by atoms with Crippen molar-refractivity contribution in [1.29, 1.82) is 0 Å². The average molecular weight is 266 g/mol. The lowest BCUT2D eigenvalue weighted by molar-refractivity contribution is -0.103. The molecule has 1 fully saturated rings. The third kappa shape index (κ3) is 2.37. The van der Waals surface area contributed by atoms with Crippen LogP contribution < -0.4 is 0 Å². The Bertz CT molecular complexity index is 504. The van der Waals surface area contributed by atoms with Crippen molar-refractivity contribution in [2.45, 2.75) is 11.0 Å². The van der Waals surface area contributed by atoms with E-state index in [0.29, 0.717) is 13.2 Å². The second-order valence-corrected chi connectivity index (χ2v) is 5.82. The van der Waals surface area contributed by atoms with Crippen molar-refractivity contribution >= 4 is 25.7 Å². The van der Waals surface area contributed by atoms with Crippen molar-refractivity contribution in [2.75, 3.05) is 13.2 Å². The summed E-state index contributed by atoms with van der Waals surface area (Å²) >= 11 is 0. The van der Waals surface area contributed by atoms with Gasteiger partial charge in [0.2, 0.25) is 0 Å². The van der Waals surface area contributed by atoms with Gasteiger partial charge in [0.25, 0.3) is 9.05 Å². The van der Waals surface area contributed by atoms with Gasteiger partial charge in [-0.25, -0.2) is 13.2 Å². The highest BCUT2D eigenvalue weighted by atomic mass is 35.7. The number of nitrogens with one attached hydrogen (secondary N) is 1. The molecule has 0 spiro atoms. The topological polar surface area (TPSA) is 85.5 Å². The number of hydrogen-bond acceptors (Lipinski definition) is 5. The molecule has 0 aliphatic carbocycles. The van der Waals surface area contributed by atoms with Crippen molar-refractivity contribution in [1.82, 2.24) is 4.98 Å². The van der Waals surface area contributed by atoms with Gasteiger partial charge in [-0.05, 0) is 6.07 Å². The maximum Gasteiger partial charge on any atom is 0.355 e. The van der Waals surface area contributed by atoms with Gasteiger partial charge in [-0.2, -0.15) is 0 Å². The number of carbonyl (C=O) groups is 1. The first-order valence-electron chi connectivity index (χ1n) is 4.38. The summed E-state index contributed by atoms with van der Waals surface area (Å²) in [5.41, 5.74) is 0.0473. The first-order valence-corrected chi connectivity index (χ1v) is 6.69. The van der Waals surface area contributed by atoms with E-state index < -0.39 is 15.0 Å². The maximum atomic E-state index is 11.4. The molecule has 0 radical (unpaired) electrons. The average Bonchev–Trinajstić information content (AvgIpc) is 2.58. The van der Waals surface area contributed by atoms with Crippen LogP contribution in [0.15, 0.2) is 17.2 Å². The molecule has 0 saturated carbocycles. The summed E-state index contributed by atoms with van der Waals surface area (Å²) in [6, 6.07) is 1.13. The molecule has 0 amide bonds. The van der Waals surface area contributed by atoms with E-state index in [4.69, 9.17) is 20.2 Å². The Labute approximate surface area is 95.9 Å². The SMILES string of the molecule is O=C(OC1COC1)c1cc(S(=O)(=O)Cl)c[nH]1. The fourth-order valence-electron chi connectivity index (χ4n) is 1.13. The minimum atomic E-state index is -3.83. The van der Waals surface area contributed by atoms with Crippen LogP contribution in [0, 0.1) is 0 Å². The molecule has 1 aliphatic rings. The number of halogens is 1. The number of aromatic amines is 1. The zero-order valence-corrected chi connectivity index (χ0v) is 9.55. The summed E-state index contributed by atoms with van der Waals surface area (Å²) < 4.78 is 31.7. The van der Waals surface area contributed by atoms with Crippen LogP contribution in [-0.4, -0.2) is 38.7 Å². The summed E-state index contributed by atoms with van der Waals surface area (Å²) in [7, 11) is 1.27. The van der Waals surface area contributed by atoms with E-state index in [2.05, 4.69) is 4.98 Å². The number of ether oxygens (including phenoxy) is 2. The minimum absolute atomic E-state index is 0.0473. The zero-order chi connectivity index (χ0) is 11.8. The number of carbonyl (C=O) groups excluding carboxylic acids is 1. The highest BCUT2D eigenvalue weighted by Crippen LogP contribution is 2.17. The van der Waals surface area contributed by atoms with Crippen LogP contribution in [0.4, 0.5) is 0 Å². The lowest BCUT2D eigenvalue weighted by atomic mass is 10.3. The van der Waals surface area contributed by atoms with Gasteiger partial charge < -0.3 is 14.5 Å². The van der Waals surface area contributed by atoms with E-state index in [1.54, 1.807) is 0 Å². The summed E-state index contributed by atoms with van der Waals surface area (Å²) in [6.07, 6.45) is 0.878. The lowest BCUT2D eigenvalue weighted by Crippen LogP contribution is -2.37. The Morgan fingerprint density at radius 2 is 2.25 bits per heavy atom. The van der Waals surface area contributed by atoms with E-state index in [1.165, 1.54) is 0 Å². The van der Waals surface area contributed by atoms with Crippen molar-refractivity contribution in [3.63, 3.8) is 0 Å². The standard InChI is InChI=1S/C8H8ClNO5S/c9-16(12,13)6-1-7(10-2-6)8(11)15-5-3-14-4-5/h1-2,5,10H,3-4H2. The normalized spacial score (nSPS) is 16.8. The molecule has 1 aliphatic heterocycles. The van der Waals surface area contributed by atoms with Gasteiger partial charge >= 0.3 is 5.97 Å². The Hall–Kier alpha value is -1.05. The molecule has 16 heavy (non-hydrogen) atoms. The van der Waals surface area contributed by atoms with Gasteiger partial charge in [0.15, 0.2) is 0 Å². The highest BCUT2D eigenvalue weighted by molar-refractivity contribution is 8.13. The summed E-state index contributed by atoms with van der Waals surface area (Å²) in [5, 5.41) is 0. The van der Waals surface area contributed by atoms with Crippen LogP contribution in [0.25, 0.3) is 0 Å². The Balaban J connectivity index is 2.09. The molecule has 1 aromatic heterocycles. The Morgan fingerprint density at radius 1 is 1.56 bits per heavy atom. The highest BCUT2D eigenvalue weighted by Gasteiger charge is 2.25. The largest absolute Gasteiger partial charge is 0.453 e. The Kier molecular flexibility index (Phi) is 2.92. The van der Waals surface area contributed by atoms with Crippen LogP contribution >= 0.6 is 10.7 Å². The second-order valence-electron chi connectivity index (χ2n) is 3.25. The lowest BCUT2D eigenvalue weighted by Gasteiger charge is -2.25. The number of esters is 1. The number of aromatic nitrogens is 1. The van der Waals surface area contributed by atoms with Crippen LogP contribution in [0.5, 0.6) is 0 Å². The van der Waals surface area contributed by atoms with Crippen molar-refractivity contribution in [3.05, 3.63) is 18.0 Å². The number of H-pyrrole nitrogens is 1. The van der Waals surface area contributed by atoms with Gasteiger partial charge in [0, 0.05) is 16.9 Å². The molecular weight excluding hydrogens is 258 g/mol. The molecule has 1 N–H and O–H groups in total. The van der Waals surface area contributed by atoms with Crippen LogP contribution in [0.1, 0.15) is 10.5 Å². The van der Waals surface area contributed by atoms with E-state index in [0.717, 1.165) is 12.3 Å². The van der Waals surface area contributed by atoms with Crippen molar-refractivity contribution < 1.29 is 22.7 Å². The van der Waals surface area contributed by atoms with Crippen LogP contribution in [0.2, 0.25) is 0 Å². The fourth-order valence-corrected chi connectivity index (χ4v) is 1.86. The van der Waals surface area contributed by atoms with E-state index >= 15 is 0 Å². The first kappa shape index (κ1) is 11.4. The van der Waals surface area contributed by atoms with Crippen LogP contribution in [-0.2, 0) is 18.5 Å². The predicted molar refractivity (Wildman–Crippen MR) is 53.9 cm³/mol. The van der Waals surface area contributed by atoms with Gasteiger partial charge in [-0.15, -0.1) is 0 Å². The maximum absolute atomic E-state index is 11.4. The molecule has 2 rings (SSSR count). The van der Waals surface area contributed by atoms with Gasteiger partial charge in [0.1, 0.15) is 16.7 Å². The second kappa shape index (κ2) is 4.08. The third-order valence-corrected chi connectivity index (χ3v) is 3.37. The summed E-state index contributed by atoms with van der Waals surface area (Å²) in [4.78, 5) is 13.8. The molecule has 8 heteroatoms. The molecule has 0 bridgehead atoms. The smallest absolute Gasteiger partial charge is 0.355 e. The molecule has 1 saturated heterocycles. The zero-order valence-electron chi connectivity index (χ0n) is 7.97. The number of hydrogen-bond donors (Lipinski definition) is 1. The monoisotopic (exact) mass is 265 g/mol. The van der Waals surface area contributed by atoms with Crippen LogP contribution in [0.3, 0.4) is 0 Å². The molecule has 1 aromatic rings. The predicted octanol–water partition coefficient (Wildman–Crippen LogP) is 0.498. The first-order chi connectivity index (χ1) is 7.47.